The van der Waals surface area contributed by atoms with Gasteiger partial charge in [0.15, 0.2) is 5.65 Å². The normalized spacial score (nSPS) is 14.5. The van der Waals surface area contributed by atoms with E-state index in [0.29, 0.717) is 29.6 Å². The van der Waals surface area contributed by atoms with Crippen LogP contribution in [0.5, 0.6) is 0 Å². The van der Waals surface area contributed by atoms with Crippen molar-refractivity contribution in [3.05, 3.63) is 76.4 Å². The number of nitrogens with one attached hydrogen (secondary N) is 1. The van der Waals surface area contributed by atoms with Crippen LogP contribution < -0.4 is 10.8 Å². The van der Waals surface area contributed by atoms with Gasteiger partial charge in [-0.15, -0.1) is 0 Å². The number of hydrogen-bond acceptors (Lipinski definition) is 4. The topological polar surface area (TPSA) is 62.5 Å². The van der Waals surface area contributed by atoms with Crippen molar-refractivity contribution in [1.82, 2.24) is 19.5 Å². The SMILES string of the molecule is Bc1cnn2c(NC3CCN(C(=O)Cc4cccc(Cl)c4)CC3)cc(-c3ccccc3Cl)nc12. The fourth-order valence-electron chi connectivity index (χ4n) is 4.40. The molecule has 0 aliphatic carbocycles. The van der Waals surface area contributed by atoms with E-state index in [0.717, 1.165) is 46.6 Å². The van der Waals surface area contributed by atoms with Gasteiger partial charge < -0.3 is 10.2 Å². The van der Waals surface area contributed by atoms with E-state index in [9.17, 15) is 4.79 Å². The Morgan fingerprint density at radius 1 is 1.09 bits per heavy atom. The zero-order valence-corrected chi connectivity index (χ0v) is 20.4. The van der Waals surface area contributed by atoms with Crippen LogP contribution in [-0.4, -0.2) is 52.4 Å². The van der Waals surface area contributed by atoms with E-state index in [4.69, 9.17) is 28.2 Å². The first-order valence-electron chi connectivity index (χ1n) is 11.4. The number of fused-ring (bicyclic) bond motifs is 1. The highest BCUT2D eigenvalue weighted by Gasteiger charge is 2.24. The Labute approximate surface area is 209 Å². The van der Waals surface area contributed by atoms with Crippen molar-refractivity contribution in [3.63, 3.8) is 0 Å². The number of aromatic nitrogens is 3. The third-order valence-corrected chi connectivity index (χ3v) is 6.81. The van der Waals surface area contributed by atoms with Crippen molar-refractivity contribution >= 4 is 53.9 Å². The minimum Gasteiger partial charge on any atom is -0.367 e. The standard InChI is InChI=1S/C25H24BCl2N5O/c26-20-15-29-33-23(14-22(31-25(20)33)19-6-1-2-7-21(19)28)30-18-8-10-32(11-9-18)24(34)13-16-4-3-5-17(27)12-16/h1-7,12,14-15,18,30H,8-11,13,26H2. The van der Waals surface area contributed by atoms with Gasteiger partial charge in [0.05, 0.1) is 12.1 Å². The maximum Gasteiger partial charge on any atom is 0.226 e. The number of carbonyl (C=O) groups is 1. The highest BCUT2D eigenvalue weighted by atomic mass is 35.5. The second kappa shape index (κ2) is 9.68. The first-order chi connectivity index (χ1) is 16.5. The highest BCUT2D eigenvalue weighted by Crippen LogP contribution is 2.29. The summed E-state index contributed by atoms with van der Waals surface area (Å²) in [5, 5.41) is 9.48. The molecule has 0 bridgehead atoms. The molecule has 2 aromatic heterocycles. The number of hydrogen-bond donors (Lipinski definition) is 1. The van der Waals surface area contributed by atoms with Gasteiger partial charge in [-0.05, 0) is 42.1 Å². The van der Waals surface area contributed by atoms with E-state index in [1.165, 1.54) is 0 Å². The van der Waals surface area contributed by atoms with Gasteiger partial charge in [0.25, 0.3) is 0 Å². The molecule has 0 saturated carbocycles. The fourth-order valence-corrected chi connectivity index (χ4v) is 4.84. The molecular weight excluding hydrogens is 468 g/mol. The molecule has 5 rings (SSSR count). The summed E-state index contributed by atoms with van der Waals surface area (Å²) in [7, 11) is 2.00. The van der Waals surface area contributed by atoms with E-state index in [-0.39, 0.29) is 11.9 Å². The molecule has 0 radical (unpaired) electrons. The Morgan fingerprint density at radius 3 is 2.65 bits per heavy atom. The van der Waals surface area contributed by atoms with E-state index in [1.54, 1.807) is 0 Å². The molecule has 1 aliphatic heterocycles. The Bertz CT molecular complexity index is 1350. The Kier molecular flexibility index (Phi) is 6.48. The van der Waals surface area contributed by atoms with Gasteiger partial charge in [-0.1, -0.05) is 53.5 Å². The van der Waals surface area contributed by atoms with Crippen molar-refractivity contribution in [3.8, 4) is 11.3 Å². The predicted molar refractivity (Wildman–Crippen MR) is 140 cm³/mol. The zero-order valence-electron chi connectivity index (χ0n) is 18.8. The molecule has 3 heterocycles. The van der Waals surface area contributed by atoms with Gasteiger partial charge in [-0.2, -0.15) is 9.61 Å². The van der Waals surface area contributed by atoms with Crippen LogP contribution in [0, 0.1) is 0 Å². The number of halogens is 2. The quantitative estimate of drug-likeness (QED) is 0.433. The van der Waals surface area contributed by atoms with Crippen LogP contribution >= 0.6 is 23.2 Å². The lowest BCUT2D eigenvalue weighted by atomic mass is 10.0. The van der Waals surface area contributed by atoms with Crippen LogP contribution in [0.4, 0.5) is 5.82 Å². The molecule has 1 aliphatic rings. The first kappa shape index (κ1) is 22.8. The number of carbonyl (C=O) groups excluding carboxylic acids is 1. The minimum atomic E-state index is 0.135. The maximum atomic E-state index is 12.8. The molecule has 6 nitrogen and oxygen atoms in total. The fraction of sp³-hybridized carbons (Fsp3) is 0.240. The number of amides is 1. The number of piperidine rings is 1. The molecule has 2 aromatic carbocycles. The molecular formula is C25H24BCl2N5O. The molecule has 34 heavy (non-hydrogen) atoms. The van der Waals surface area contributed by atoms with Gasteiger partial charge in [0, 0.05) is 47.0 Å². The second-order valence-electron chi connectivity index (χ2n) is 8.68. The molecule has 172 valence electrons. The number of benzene rings is 2. The van der Waals surface area contributed by atoms with Crippen LogP contribution in [-0.2, 0) is 11.2 Å². The van der Waals surface area contributed by atoms with Crippen LogP contribution in [0.25, 0.3) is 16.9 Å². The molecule has 9 heteroatoms. The van der Waals surface area contributed by atoms with Gasteiger partial charge in [0.1, 0.15) is 13.7 Å². The highest BCUT2D eigenvalue weighted by molar-refractivity contribution is 6.36. The summed E-state index contributed by atoms with van der Waals surface area (Å²) in [6.45, 7) is 1.42. The van der Waals surface area contributed by atoms with Crippen LogP contribution in [0.2, 0.25) is 10.0 Å². The van der Waals surface area contributed by atoms with Gasteiger partial charge >= 0.3 is 0 Å². The molecule has 0 spiro atoms. The van der Waals surface area contributed by atoms with Crippen molar-refractivity contribution in [1.29, 1.82) is 0 Å². The largest absolute Gasteiger partial charge is 0.367 e. The molecule has 4 aromatic rings. The summed E-state index contributed by atoms with van der Waals surface area (Å²) in [6, 6.07) is 17.4. The lowest BCUT2D eigenvalue weighted by Crippen LogP contribution is -2.43. The molecule has 0 atom stereocenters. The number of rotatable bonds is 5. The zero-order chi connectivity index (χ0) is 23.7. The second-order valence-corrected chi connectivity index (χ2v) is 9.52. The average molecular weight is 492 g/mol. The number of likely N-dealkylation sites (tertiary alicyclic amines) is 1. The summed E-state index contributed by atoms with van der Waals surface area (Å²) < 4.78 is 1.84. The summed E-state index contributed by atoms with van der Waals surface area (Å²) in [4.78, 5) is 19.5. The summed E-state index contributed by atoms with van der Waals surface area (Å²) in [5.74, 6) is 1.01. The third-order valence-electron chi connectivity index (χ3n) is 6.24. The lowest BCUT2D eigenvalue weighted by molar-refractivity contribution is -0.131. The van der Waals surface area contributed by atoms with Crippen LogP contribution in [0.1, 0.15) is 18.4 Å². The van der Waals surface area contributed by atoms with Crippen LogP contribution in [0.3, 0.4) is 0 Å². The van der Waals surface area contributed by atoms with E-state index in [2.05, 4.69) is 10.4 Å². The molecule has 1 amide bonds. The van der Waals surface area contributed by atoms with Crippen molar-refractivity contribution in [2.45, 2.75) is 25.3 Å². The van der Waals surface area contributed by atoms with E-state index < -0.39 is 0 Å². The minimum absolute atomic E-state index is 0.135. The summed E-state index contributed by atoms with van der Waals surface area (Å²) in [6.07, 6.45) is 3.90. The van der Waals surface area contributed by atoms with E-state index in [1.807, 2.05) is 78.1 Å². The molecule has 0 unspecified atom stereocenters. The Balaban J connectivity index is 1.30. The van der Waals surface area contributed by atoms with Gasteiger partial charge in [-0.3, -0.25) is 4.79 Å². The molecule has 1 N–H and O–H groups in total. The predicted octanol–water partition coefficient (Wildman–Crippen LogP) is 3.61. The number of nitrogens with zero attached hydrogens (tertiary/aromatic N) is 4. The summed E-state index contributed by atoms with van der Waals surface area (Å²) >= 11 is 12.5. The molecule has 1 saturated heterocycles. The van der Waals surface area contributed by atoms with Gasteiger partial charge in [0.2, 0.25) is 5.91 Å². The van der Waals surface area contributed by atoms with Crippen molar-refractivity contribution in [2.75, 3.05) is 18.4 Å². The van der Waals surface area contributed by atoms with Crippen molar-refractivity contribution < 1.29 is 4.79 Å². The van der Waals surface area contributed by atoms with Crippen molar-refractivity contribution in [2.24, 2.45) is 0 Å². The van der Waals surface area contributed by atoms with Crippen LogP contribution in [0.15, 0.2) is 60.8 Å². The third kappa shape index (κ3) is 4.77. The van der Waals surface area contributed by atoms with Gasteiger partial charge in [-0.25, -0.2) is 4.98 Å². The Hall–Kier alpha value is -3.03. The summed E-state index contributed by atoms with van der Waals surface area (Å²) in [5.41, 5.74) is 4.43. The first-order valence-corrected chi connectivity index (χ1v) is 12.1. The number of anilines is 1. The Morgan fingerprint density at radius 2 is 1.88 bits per heavy atom. The monoisotopic (exact) mass is 491 g/mol. The molecule has 1 fully saturated rings. The average Bonchev–Trinajstić information content (AvgIpc) is 3.21. The van der Waals surface area contributed by atoms with E-state index >= 15 is 0 Å². The maximum absolute atomic E-state index is 12.8. The lowest BCUT2D eigenvalue weighted by Gasteiger charge is -2.33. The smallest absolute Gasteiger partial charge is 0.226 e.